The molecule has 4 heteroatoms. The van der Waals surface area contributed by atoms with Gasteiger partial charge in [0.1, 0.15) is 0 Å². The van der Waals surface area contributed by atoms with Gasteiger partial charge < -0.3 is 10.6 Å². The van der Waals surface area contributed by atoms with Crippen molar-refractivity contribution in [1.82, 2.24) is 10.6 Å². The number of nitrogens with one attached hydrogen (secondary N) is 2. The second-order valence-electron chi connectivity index (χ2n) is 3.81. The predicted octanol–water partition coefficient (Wildman–Crippen LogP) is 1.20. The molecule has 0 radical (unpaired) electrons. The number of halogens is 1. The number of hydrogen-bond donors (Lipinski definition) is 2. The van der Waals surface area contributed by atoms with E-state index in [4.69, 9.17) is 0 Å². The molecule has 0 spiro atoms. The molecule has 13 heavy (non-hydrogen) atoms. The lowest BCUT2D eigenvalue weighted by Crippen LogP contribution is -2.36. The topological polar surface area (TPSA) is 36.4 Å². The number of hydrogen-bond acceptors (Lipinski definition) is 1. The van der Waals surface area contributed by atoms with Crippen LogP contribution in [0.4, 0.5) is 0 Å². The molecule has 2 unspecified atom stereocenters. The van der Waals surface area contributed by atoms with Crippen LogP contribution in [0, 0.1) is 11.8 Å². The minimum Gasteiger partial charge on any atom is -0.359 e. The molecule has 2 fully saturated rings. The zero-order valence-corrected chi connectivity index (χ0v) is 10.5. The highest BCUT2D eigenvalue weighted by Crippen LogP contribution is 2.49. The lowest BCUT2D eigenvalue weighted by atomic mass is 10.3. The Labute approximate surface area is 96.8 Å². The van der Waals surface area contributed by atoms with Crippen LogP contribution >= 0.6 is 24.0 Å². The fourth-order valence-corrected chi connectivity index (χ4v) is 1.85. The SMILES string of the molecule is CN=C(NC)NC1CC1C1CC1.I. The van der Waals surface area contributed by atoms with E-state index in [2.05, 4.69) is 15.6 Å². The van der Waals surface area contributed by atoms with E-state index in [1.54, 1.807) is 0 Å². The Morgan fingerprint density at radius 3 is 2.54 bits per heavy atom. The van der Waals surface area contributed by atoms with Crippen LogP contribution in [0.25, 0.3) is 0 Å². The van der Waals surface area contributed by atoms with E-state index in [-0.39, 0.29) is 24.0 Å². The predicted molar refractivity (Wildman–Crippen MR) is 65.6 cm³/mol. The fourth-order valence-electron chi connectivity index (χ4n) is 1.85. The smallest absolute Gasteiger partial charge is 0.190 e. The van der Waals surface area contributed by atoms with Crippen LogP contribution in [-0.4, -0.2) is 26.1 Å². The largest absolute Gasteiger partial charge is 0.359 e. The number of rotatable bonds is 2. The third-order valence-corrected chi connectivity index (χ3v) is 2.85. The van der Waals surface area contributed by atoms with Gasteiger partial charge in [-0.2, -0.15) is 0 Å². The Kier molecular flexibility index (Phi) is 3.82. The second-order valence-corrected chi connectivity index (χ2v) is 3.81. The van der Waals surface area contributed by atoms with E-state index in [9.17, 15) is 0 Å². The summed E-state index contributed by atoms with van der Waals surface area (Å²) in [6.07, 6.45) is 4.27. The maximum Gasteiger partial charge on any atom is 0.190 e. The van der Waals surface area contributed by atoms with Crippen LogP contribution in [0.5, 0.6) is 0 Å². The van der Waals surface area contributed by atoms with Crippen LogP contribution in [0.15, 0.2) is 4.99 Å². The van der Waals surface area contributed by atoms with Gasteiger partial charge in [-0.1, -0.05) is 0 Å². The molecule has 0 aromatic rings. The van der Waals surface area contributed by atoms with Crippen molar-refractivity contribution in [3.05, 3.63) is 0 Å². The second kappa shape index (κ2) is 4.48. The molecule has 3 nitrogen and oxygen atoms in total. The van der Waals surface area contributed by atoms with Gasteiger partial charge in [-0.15, -0.1) is 24.0 Å². The molecule has 2 atom stereocenters. The molecular formula is C9H18IN3. The number of aliphatic imine (C=N–C) groups is 1. The molecule has 2 rings (SSSR count). The highest BCUT2D eigenvalue weighted by atomic mass is 127. The summed E-state index contributed by atoms with van der Waals surface area (Å²) in [5.74, 6) is 2.93. The van der Waals surface area contributed by atoms with Crippen molar-refractivity contribution in [2.24, 2.45) is 16.8 Å². The minimum absolute atomic E-state index is 0. The zero-order valence-electron chi connectivity index (χ0n) is 8.21. The van der Waals surface area contributed by atoms with Crippen molar-refractivity contribution in [3.63, 3.8) is 0 Å². The quantitative estimate of drug-likeness (QED) is 0.456. The first-order valence-electron chi connectivity index (χ1n) is 4.76. The third-order valence-electron chi connectivity index (χ3n) is 2.85. The summed E-state index contributed by atoms with van der Waals surface area (Å²) in [5, 5.41) is 6.44. The van der Waals surface area contributed by atoms with Crippen molar-refractivity contribution in [1.29, 1.82) is 0 Å². The summed E-state index contributed by atoms with van der Waals surface area (Å²) < 4.78 is 0. The van der Waals surface area contributed by atoms with Gasteiger partial charge in [0.25, 0.3) is 0 Å². The van der Waals surface area contributed by atoms with Crippen molar-refractivity contribution in [3.8, 4) is 0 Å². The normalized spacial score (nSPS) is 32.0. The van der Waals surface area contributed by atoms with E-state index in [0.717, 1.165) is 17.8 Å². The monoisotopic (exact) mass is 295 g/mol. The summed E-state index contributed by atoms with van der Waals surface area (Å²) in [6, 6.07) is 0.712. The molecule has 76 valence electrons. The Morgan fingerprint density at radius 1 is 1.38 bits per heavy atom. The standard InChI is InChI=1S/C9H17N3.HI/c1-10-9(11-2)12-8-5-7(8)6-3-4-6;/h6-8H,3-5H2,1-2H3,(H2,10,11,12);1H. The van der Waals surface area contributed by atoms with Gasteiger partial charge in [0, 0.05) is 20.1 Å². The minimum atomic E-state index is 0. The average Bonchev–Trinajstić information content (AvgIpc) is 2.92. The van der Waals surface area contributed by atoms with Crippen LogP contribution in [-0.2, 0) is 0 Å². The van der Waals surface area contributed by atoms with Gasteiger partial charge in [-0.05, 0) is 31.1 Å². The number of nitrogens with zero attached hydrogens (tertiary/aromatic N) is 1. The highest BCUT2D eigenvalue weighted by molar-refractivity contribution is 14.0. The first-order valence-corrected chi connectivity index (χ1v) is 4.76. The molecule has 2 aliphatic carbocycles. The van der Waals surface area contributed by atoms with E-state index in [1.807, 2.05) is 14.1 Å². The van der Waals surface area contributed by atoms with E-state index in [1.165, 1.54) is 19.3 Å². The van der Waals surface area contributed by atoms with Gasteiger partial charge >= 0.3 is 0 Å². The van der Waals surface area contributed by atoms with E-state index < -0.39 is 0 Å². The van der Waals surface area contributed by atoms with Crippen molar-refractivity contribution in [2.45, 2.75) is 25.3 Å². The molecule has 2 saturated carbocycles. The highest BCUT2D eigenvalue weighted by Gasteiger charge is 2.47. The summed E-state index contributed by atoms with van der Waals surface area (Å²) in [7, 11) is 3.72. The van der Waals surface area contributed by atoms with E-state index >= 15 is 0 Å². The molecule has 0 amide bonds. The molecule has 0 saturated heterocycles. The Balaban J connectivity index is 0.000000845. The first kappa shape index (κ1) is 11.1. The summed E-state index contributed by atoms with van der Waals surface area (Å²) in [4.78, 5) is 4.10. The Morgan fingerprint density at radius 2 is 2.08 bits per heavy atom. The number of guanidine groups is 1. The zero-order chi connectivity index (χ0) is 8.55. The van der Waals surface area contributed by atoms with Gasteiger partial charge in [-0.25, -0.2) is 0 Å². The molecule has 0 aliphatic heterocycles. The maximum absolute atomic E-state index is 4.10. The van der Waals surface area contributed by atoms with Crippen LogP contribution in [0.3, 0.4) is 0 Å². The summed E-state index contributed by atoms with van der Waals surface area (Å²) in [5.41, 5.74) is 0. The van der Waals surface area contributed by atoms with Crippen molar-refractivity contribution in [2.75, 3.05) is 14.1 Å². The average molecular weight is 295 g/mol. The molecule has 0 heterocycles. The molecule has 2 aliphatic rings. The Bertz CT molecular complexity index is 201. The molecule has 0 aromatic heterocycles. The molecular weight excluding hydrogens is 277 g/mol. The van der Waals surface area contributed by atoms with E-state index in [0.29, 0.717) is 6.04 Å². The molecule has 0 aromatic carbocycles. The summed E-state index contributed by atoms with van der Waals surface area (Å²) >= 11 is 0. The third kappa shape index (κ3) is 2.72. The lowest BCUT2D eigenvalue weighted by Gasteiger charge is -2.06. The summed E-state index contributed by atoms with van der Waals surface area (Å²) in [6.45, 7) is 0. The van der Waals surface area contributed by atoms with Crippen molar-refractivity contribution < 1.29 is 0 Å². The molecule has 0 bridgehead atoms. The maximum atomic E-state index is 4.10. The van der Waals surface area contributed by atoms with Gasteiger partial charge in [0.15, 0.2) is 5.96 Å². The van der Waals surface area contributed by atoms with Crippen molar-refractivity contribution >= 4 is 29.9 Å². The first-order chi connectivity index (χ1) is 5.85. The van der Waals surface area contributed by atoms with Crippen LogP contribution in [0.1, 0.15) is 19.3 Å². The fraction of sp³-hybridized carbons (Fsp3) is 0.889. The van der Waals surface area contributed by atoms with Gasteiger partial charge in [-0.3, -0.25) is 4.99 Å². The van der Waals surface area contributed by atoms with Crippen LogP contribution in [0.2, 0.25) is 0 Å². The molecule has 2 N–H and O–H groups in total. The van der Waals surface area contributed by atoms with Crippen LogP contribution < -0.4 is 10.6 Å². The van der Waals surface area contributed by atoms with Gasteiger partial charge in [0.05, 0.1) is 0 Å². The Hall–Kier alpha value is 0. The van der Waals surface area contributed by atoms with Gasteiger partial charge in [0.2, 0.25) is 0 Å². The lowest BCUT2D eigenvalue weighted by molar-refractivity contribution is 0.657.